The van der Waals surface area contributed by atoms with Crippen LogP contribution in [0.25, 0.3) is 0 Å². The van der Waals surface area contributed by atoms with Crippen LogP contribution in [0.15, 0.2) is 18.2 Å². The number of carbonyl (C=O) groups is 2. The lowest BCUT2D eigenvalue weighted by Crippen LogP contribution is -2.37. The molecule has 0 atom stereocenters. The summed E-state index contributed by atoms with van der Waals surface area (Å²) >= 11 is 5.63. The lowest BCUT2D eigenvalue weighted by molar-refractivity contribution is -0.144. The molecule has 0 saturated heterocycles. The number of benzene rings is 1. The van der Waals surface area contributed by atoms with Crippen LogP contribution in [0.1, 0.15) is 13.8 Å². The minimum Gasteiger partial charge on any atom is -0.465 e. The molecule has 5 nitrogen and oxygen atoms in total. The molecule has 0 heterocycles. The number of nitrogens with zero attached hydrogens (tertiary/aromatic N) is 1. The van der Waals surface area contributed by atoms with Crippen molar-refractivity contribution in [2.45, 2.75) is 13.8 Å². The molecule has 7 heteroatoms. The van der Waals surface area contributed by atoms with Gasteiger partial charge in [-0.25, -0.2) is 4.39 Å². The lowest BCUT2D eigenvalue weighted by atomic mass is 10.3. The van der Waals surface area contributed by atoms with Crippen LogP contribution >= 0.6 is 11.6 Å². The van der Waals surface area contributed by atoms with Crippen LogP contribution in [0.4, 0.5) is 10.1 Å². The second kappa shape index (κ2) is 8.59. The van der Waals surface area contributed by atoms with Crippen molar-refractivity contribution in [3.63, 3.8) is 0 Å². The minimum atomic E-state index is -0.607. The molecule has 1 rings (SSSR count). The SMILES string of the molecule is CCOC(=O)CN(CC)CC(=O)Nc1ccc(Cl)cc1F. The van der Waals surface area contributed by atoms with Crippen molar-refractivity contribution in [2.75, 3.05) is 31.6 Å². The second-order valence-electron chi connectivity index (χ2n) is 4.28. The third-order valence-corrected chi connectivity index (χ3v) is 2.91. The standard InChI is InChI=1S/C14H18ClFN2O3/c1-3-18(9-14(20)21-4-2)8-13(19)17-12-6-5-10(15)7-11(12)16/h5-7H,3-4,8-9H2,1-2H3,(H,17,19). The Labute approximate surface area is 128 Å². The third-order valence-electron chi connectivity index (χ3n) is 2.68. The van der Waals surface area contributed by atoms with E-state index in [1.807, 2.05) is 6.92 Å². The highest BCUT2D eigenvalue weighted by molar-refractivity contribution is 6.30. The summed E-state index contributed by atoms with van der Waals surface area (Å²) in [6.07, 6.45) is 0. The van der Waals surface area contributed by atoms with Crippen molar-refractivity contribution >= 4 is 29.2 Å². The quantitative estimate of drug-likeness (QED) is 0.784. The number of rotatable bonds is 7. The molecular formula is C14H18ClFN2O3. The van der Waals surface area contributed by atoms with Crippen LogP contribution in [-0.4, -0.2) is 43.0 Å². The van der Waals surface area contributed by atoms with Crippen molar-refractivity contribution in [2.24, 2.45) is 0 Å². The van der Waals surface area contributed by atoms with Gasteiger partial charge in [-0.05, 0) is 31.7 Å². The number of ether oxygens (including phenoxy) is 1. The van der Waals surface area contributed by atoms with E-state index in [0.717, 1.165) is 6.07 Å². The van der Waals surface area contributed by atoms with Crippen LogP contribution in [0.5, 0.6) is 0 Å². The van der Waals surface area contributed by atoms with E-state index in [4.69, 9.17) is 16.3 Å². The monoisotopic (exact) mass is 316 g/mol. The minimum absolute atomic E-state index is 0.0147. The van der Waals surface area contributed by atoms with Crippen molar-refractivity contribution in [1.29, 1.82) is 0 Å². The average molecular weight is 317 g/mol. The first-order valence-corrected chi connectivity index (χ1v) is 6.97. The molecule has 0 spiro atoms. The Balaban J connectivity index is 2.56. The van der Waals surface area contributed by atoms with Crippen LogP contribution in [0.3, 0.4) is 0 Å². The number of hydrogen-bond donors (Lipinski definition) is 1. The average Bonchev–Trinajstić information content (AvgIpc) is 2.41. The molecule has 0 aromatic heterocycles. The number of halogens is 2. The number of carbonyl (C=O) groups excluding carboxylic acids is 2. The zero-order valence-electron chi connectivity index (χ0n) is 12.0. The number of anilines is 1. The van der Waals surface area contributed by atoms with Crippen LogP contribution in [0.2, 0.25) is 5.02 Å². The van der Waals surface area contributed by atoms with E-state index in [2.05, 4.69) is 5.32 Å². The highest BCUT2D eigenvalue weighted by atomic mass is 35.5. The number of nitrogens with one attached hydrogen (secondary N) is 1. The van der Waals surface area contributed by atoms with Crippen molar-refractivity contribution in [1.82, 2.24) is 4.90 Å². The largest absolute Gasteiger partial charge is 0.465 e. The number of likely N-dealkylation sites (N-methyl/N-ethyl adjacent to an activating group) is 1. The van der Waals surface area contributed by atoms with Gasteiger partial charge in [0, 0.05) is 5.02 Å². The maximum absolute atomic E-state index is 13.6. The molecule has 0 unspecified atom stereocenters. The number of amides is 1. The van der Waals surface area contributed by atoms with Crippen molar-refractivity contribution in [3.8, 4) is 0 Å². The third kappa shape index (κ3) is 6.10. The van der Waals surface area contributed by atoms with E-state index in [1.54, 1.807) is 11.8 Å². The number of hydrogen-bond acceptors (Lipinski definition) is 4. The van der Waals surface area contributed by atoms with E-state index in [9.17, 15) is 14.0 Å². The molecule has 1 N–H and O–H groups in total. The molecule has 0 saturated carbocycles. The van der Waals surface area contributed by atoms with Gasteiger partial charge in [0.2, 0.25) is 5.91 Å². The molecule has 0 fully saturated rings. The highest BCUT2D eigenvalue weighted by Gasteiger charge is 2.15. The first kappa shape index (κ1) is 17.4. The molecule has 0 aliphatic rings. The summed E-state index contributed by atoms with van der Waals surface area (Å²) in [5.41, 5.74) is 0.0524. The Morgan fingerprint density at radius 3 is 2.62 bits per heavy atom. The van der Waals surface area contributed by atoms with Gasteiger partial charge in [0.25, 0.3) is 0 Å². The molecule has 21 heavy (non-hydrogen) atoms. The van der Waals surface area contributed by atoms with Gasteiger partial charge in [-0.1, -0.05) is 18.5 Å². The van der Waals surface area contributed by atoms with E-state index in [0.29, 0.717) is 13.2 Å². The van der Waals surface area contributed by atoms with Gasteiger partial charge < -0.3 is 10.1 Å². The predicted molar refractivity (Wildman–Crippen MR) is 78.8 cm³/mol. The second-order valence-corrected chi connectivity index (χ2v) is 4.72. The molecular weight excluding hydrogens is 299 g/mol. The van der Waals surface area contributed by atoms with Gasteiger partial charge in [0.05, 0.1) is 25.4 Å². The fraction of sp³-hybridized carbons (Fsp3) is 0.429. The van der Waals surface area contributed by atoms with E-state index in [-0.39, 0.29) is 23.8 Å². The van der Waals surface area contributed by atoms with Gasteiger partial charge in [0.1, 0.15) is 5.82 Å². The molecule has 0 bridgehead atoms. The van der Waals surface area contributed by atoms with E-state index < -0.39 is 17.7 Å². The summed E-state index contributed by atoms with van der Waals surface area (Å²) in [7, 11) is 0. The first-order chi connectivity index (χ1) is 9.96. The van der Waals surface area contributed by atoms with Gasteiger partial charge in [0.15, 0.2) is 0 Å². The zero-order chi connectivity index (χ0) is 15.8. The molecule has 0 aliphatic heterocycles. The van der Waals surface area contributed by atoms with Gasteiger partial charge in [-0.2, -0.15) is 0 Å². The first-order valence-electron chi connectivity index (χ1n) is 6.59. The Bertz CT molecular complexity index is 511. The Hall–Kier alpha value is -1.66. The molecule has 0 radical (unpaired) electrons. The summed E-state index contributed by atoms with van der Waals surface area (Å²) in [6, 6.07) is 3.99. The summed E-state index contributed by atoms with van der Waals surface area (Å²) in [4.78, 5) is 24.8. The Kier molecular flexibility index (Phi) is 7.11. The molecule has 116 valence electrons. The van der Waals surface area contributed by atoms with Crippen molar-refractivity contribution in [3.05, 3.63) is 29.0 Å². The maximum Gasteiger partial charge on any atom is 0.320 e. The summed E-state index contributed by atoms with van der Waals surface area (Å²) < 4.78 is 18.4. The van der Waals surface area contributed by atoms with E-state index in [1.165, 1.54) is 12.1 Å². The van der Waals surface area contributed by atoms with Gasteiger partial charge >= 0.3 is 5.97 Å². The summed E-state index contributed by atoms with van der Waals surface area (Å²) in [5.74, 6) is -1.42. The van der Waals surface area contributed by atoms with Crippen molar-refractivity contribution < 1.29 is 18.7 Å². The highest BCUT2D eigenvalue weighted by Crippen LogP contribution is 2.18. The fourth-order valence-corrected chi connectivity index (χ4v) is 1.81. The molecule has 1 aromatic rings. The molecule has 1 amide bonds. The van der Waals surface area contributed by atoms with Crippen LogP contribution in [-0.2, 0) is 14.3 Å². The Morgan fingerprint density at radius 1 is 1.33 bits per heavy atom. The predicted octanol–water partition coefficient (Wildman–Crippen LogP) is 2.30. The van der Waals surface area contributed by atoms with Gasteiger partial charge in [-0.3, -0.25) is 14.5 Å². The fourth-order valence-electron chi connectivity index (χ4n) is 1.65. The maximum atomic E-state index is 13.6. The number of esters is 1. The van der Waals surface area contributed by atoms with Gasteiger partial charge in [-0.15, -0.1) is 0 Å². The molecule has 0 aliphatic carbocycles. The Morgan fingerprint density at radius 2 is 2.05 bits per heavy atom. The lowest BCUT2D eigenvalue weighted by Gasteiger charge is -2.18. The van der Waals surface area contributed by atoms with Crippen LogP contribution < -0.4 is 5.32 Å². The normalized spacial score (nSPS) is 10.5. The summed E-state index contributed by atoms with van der Waals surface area (Å²) in [6.45, 7) is 4.30. The zero-order valence-corrected chi connectivity index (χ0v) is 12.7. The smallest absolute Gasteiger partial charge is 0.320 e. The van der Waals surface area contributed by atoms with Crippen LogP contribution in [0, 0.1) is 5.82 Å². The van der Waals surface area contributed by atoms with E-state index >= 15 is 0 Å². The topological polar surface area (TPSA) is 58.6 Å². The molecule has 1 aromatic carbocycles. The summed E-state index contributed by atoms with van der Waals surface area (Å²) in [5, 5.41) is 2.69.